The number of phenolic OH excluding ortho intramolecular Hbond substituents is 1. The number of benzene rings is 1. The van der Waals surface area contributed by atoms with Gasteiger partial charge in [0.2, 0.25) is 0 Å². The zero-order chi connectivity index (χ0) is 12.3. The predicted molar refractivity (Wildman–Crippen MR) is 68.8 cm³/mol. The van der Waals surface area contributed by atoms with Gasteiger partial charge in [0.1, 0.15) is 0 Å². The van der Waals surface area contributed by atoms with Crippen LogP contribution in [0.5, 0.6) is 11.5 Å². The highest BCUT2D eigenvalue weighted by atomic mass is 16.5. The second kappa shape index (κ2) is 5.23. The second-order valence-corrected chi connectivity index (χ2v) is 4.41. The highest BCUT2D eigenvalue weighted by Gasteiger charge is 2.19. The topological polar surface area (TPSA) is 41.5 Å². The minimum absolute atomic E-state index is 0.238. The first-order valence-corrected chi connectivity index (χ1v) is 5.97. The molecule has 2 rings (SSSR count). The van der Waals surface area contributed by atoms with Crippen molar-refractivity contribution in [2.45, 2.75) is 18.8 Å². The summed E-state index contributed by atoms with van der Waals surface area (Å²) in [6, 6.07) is 4.01. The first-order chi connectivity index (χ1) is 8.26. The number of methoxy groups -OCH3 is 1. The number of rotatable bonds is 4. The Bertz CT molecular complexity index is 409. The number of phenols is 1. The maximum absolute atomic E-state index is 10.00. The third-order valence-corrected chi connectivity index (χ3v) is 3.29. The van der Waals surface area contributed by atoms with Gasteiger partial charge in [0.15, 0.2) is 11.5 Å². The number of hydrogen-bond donors (Lipinski definition) is 2. The number of allylic oxidation sites excluding steroid dienone is 1. The van der Waals surface area contributed by atoms with Gasteiger partial charge in [-0.3, -0.25) is 0 Å². The molecule has 1 heterocycles. The third kappa shape index (κ3) is 2.44. The van der Waals surface area contributed by atoms with Crippen LogP contribution in [0.25, 0.3) is 0 Å². The molecule has 0 aromatic heterocycles. The minimum Gasteiger partial charge on any atom is -0.504 e. The maximum atomic E-state index is 10.00. The molecule has 2 N–H and O–H groups in total. The molecule has 1 unspecified atom stereocenters. The van der Waals surface area contributed by atoms with E-state index in [9.17, 15) is 5.11 Å². The van der Waals surface area contributed by atoms with Crippen molar-refractivity contribution in [3.63, 3.8) is 0 Å². The Labute approximate surface area is 102 Å². The molecule has 1 aliphatic heterocycles. The Morgan fingerprint density at radius 2 is 2.41 bits per heavy atom. The first-order valence-electron chi connectivity index (χ1n) is 5.97. The monoisotopic (exact) mass is 233 g/mol. The fourth-order valence-corrected chi connectivity index (χ4v) is 2.33. The molecule has 1 aromatic carbocycles. The van der Waals surface area contributed by atoms with Gasteiger partial charge in [-0.15, -0.1) is 6.58 Å². The van der Waals surface area contributed by atoms with Gasteiger partial charge in [0.05, 0.1) is 7.11 Å². The van der Waals surface area contributed by atoms with Crippen LogP contribution < -0.4 is 10.1 Å². The summed E-state index contributed by atoms with van der Waals surface area (Å²) in [4.78, 5) is 0. The van der Waals surface area contributed by atoms with Crippen molar-refractivity contribution in [2.75, 3.05) is 20.2 Å². The number of nitrogens with one attached hydrogen (secondary N) is 1. The molecule has 1 fully saturated rings. The largest absolute Gasteiger partial charge is 0.504 e. The molecule has 0 saturated carbocycles. The number of aromatic hydroxyl groups is 1. The van der Waals surface area contributed by atoms with Crippen LogP contribution in [0.3, 0.4) is 0 Å². The standard InChI is InChI=1S/C14H19NO2/c1-3-4-10-7-12(11-5-6-15-9-11)8-13(17-2)14(10)16/h3,7-8,11,15-16H,1,4-6,9H2,2H3. The molecule has 3 heteroatoms. The van der Waals surface area contributed by atoms with E-state index in [1.807, 2.05) is 6.07 Å². The van der Waals surface area contributed by atoms with Crippen LogP contribution in [0.1, 0.15) is 23.5 Å². The van der Waals surface area contributed by atoms with Crippen LogP contribution in [0.15, 0.2) is 24.8 Å². The lowest BCUT2D eigenvalue weighted by atomic mass is 9.95. The minimum atomic E-state index is 0.238. The van der Waals surface area contributed by atoms with Crippen LogP contribution in [0.4, 0.5) is 0 Å². The van der Waals surface area contributed by atoms with E-state index in [-0.39, 0.29) is 5.75 Å². The van der Waals surface area contributed by atoms with Crippen molar-refractivity contribution < 1.29 is 9.84 Å². The lowest BCUT2D eigenvalue weighted by Gasteiger charge is -2.14. The normalized spacial score (nSPS) is 19.2. The van der Waals surface area contributed by atoms with Crippen molar-refractivity contribution >= 4 is 0 Å². The van der Waals surface area contributed by atoms with Gasteiger partial charge in [-0.05, 0) is 36.9 Å². The van der Waals surface area contributed by atoms with Gasteiger partial charge >= 0.3 is 0 Å². The van der Waals surface area contributed by atoms with E-state index in [4.69, 9.17) is 4.74 Å². The Kier molecular flexibility index (Phi) is 3.69. The van der Waals surface area contributed by atoms with E-state index in [1.165, 1.54) is 5.56 Å². The van der Waals surface area contributed by atoms with Gasteiger partial charge < -0.3 is 15.2 Å². The quantitative estimate of drug-likeness (QED) is 0.783. The second-order valence-electron chi connectivity index (χ2n) is 4.41. The van der Waals surface area contributed by atoms with Gasteiger partial charge in [-0.25, -0.2) is 0 Å². The van der Waals surface area contributed by atoms with Gasteiger partial charge in [0.25, 0.3) is 0 Å². The summed E-state index contributed by atoms with van der Waals surface area (Å²) in [5, 5.41) is 13.3. The summed E-state index contributed by atoms with van der Waals surface area (Å²) in [5.74, 6) is 1.32. The fraction of sp³-hybridized carbons (Fsp3) is 0.429. The summed E-state index contributed by atoms with van der Waals surface area (Å²) in [7, 11) is 1.59. The Morgan fingerprint density at radius 3 is 3.00 bits per heavy atom. The zero-order valence-corrected chi connectivity index (χ0v) is 10.2. The molecule has 17 heavy (non-hydrogen) atoms. The average molecular weight is 233 g/mol. The van der Waals surface area contributed by atoms with Gasteiger partial charge in [-0.1, -0.05) is 12.1 Å². The lowest BCUT2D eigenvalue weighted by molar-refractivity contribution is 0.370. The molecule has 0 amide bonds. The van der Waals surface area contributed by atoms with Crippen molar-refractivity contribution in [3.8, 4) is 11.5 Å². The van der Waals surface area contributed by atoms with Crippen molar-refractivity contribution in [2.24, 2.45) is 0 Å². The maximum Gasteiger partial charge on any atom is 0.161 e. The summed E-state index contributed by atoms with van der Waals surface area (Å²) < 4.78 is 5.23. The molecule has 0 spiro atoms. The fourth-order valence-electron chi connectivity index (χ4n) is 2.33. The summed E-state index contributed by atoms with van der Waals surface area (Å²) in [5.41, 5.74) is 2.13. The van der Waals surface area contributed by atoms with E-state index in [2.05, 4.69) is 18.0 Å². The Balaban J connectivity index is 2.38. The van der Waals surface area contributed by atoms with Crippen molar-refractivity contribution in [1.29, 1.82) is 0 Å². The van der Waals surface area contributed by atoms with Crippen LogP contribution in [0.2, 0.25) is 0 Å². The molecular formula is C14H19NO2. The smallest absolute Gasteiger partial charge is 0.161 e. The highest BCUT2D eigenvalue weighted by Crippen LogP contribution is 2.35. The number of hydrogen-bond acceptors (Lipinski definition) is 3. The molecule has 0 radical (unpaired) electrons. The van der Waals surface area contributed by atoms with Crippen molar-refractivity contribution in [1.82, 2.24) is 5.32 Å². The van der Waals surface area contributed by atoms with Crippen molar-refractivity contribution in [3.05, 3.63) is 35.9 Å². The summed E-state index contributed by atoms with van der Waals surface area (Å²) >= 11 is 0. The molecule has 1 atom stereocenters. The molecule has 92 valence electrons. The first kappa shape index (κ1) is 12.0. The molecule has 3 nitrogen and oxygen atoms in total. The van der Waals surface area contributed by atoms with E-state index < -0.39 is 0 Å². The predicted octanol–water partition coefficient (Wildman–Crippen LogP) is 2.21. The van der Waals surface area contributed by atoms with E-state index >= 15 is 0 Å². The molecule has 0 aliphatic carbocycles. The third-order valence-electron chi connectivity index (χ3n) is 3.29. The molecule has 1 aromatic rings. The van der Waals surface area contributed by atoms with Crippen LogP contribution in [-0.2, 0) is 6.42 Å². The molecular weight excluding hydrogens is 214 g/mol. The molecule has 1 aliphatic rings. The number of ether oxygens (including phenoxy) is 1. The van der Waals surface area contributed by atoms with E-state index in [0.29, 0.717) is 18.1 Å². The SMILES string of the molecule is C=CCc1cc(C2CCNC2)cc(OC)c1O. The van der Waals surface area contributed by atoms with E-state index in [1.54, 1.807) is 13.2 Å². The summed E-state index contributed by atoms with van der Waals surface area (Å²) in [6.45, 7) is 5.78. The Hall–Kier alpha value is -1.48. The van der Waals surface area contributed by atoms with Crippen LogP contribution >= 0.6 is 0 Å². The van der Waals surface area contributed by atoms with E-state index in [0.717, 1.165) is 25.1 Å². The van der Waals surface area contributed by atoms with Crippen LogP contribution in [0, 0.1) is 0 Å². The summed E-state index contributed by atoms with van der Waals surface area (Å²) in [6.07, 6.45) is 3.60. The molecule has 1 saturated heterocycles. The highest BCUT2D eigenvalue weighted by molar-refractivity contribution is 5.50. The van der Waals surface area contributed by atoms with Gasteiger partial charge in [-0.2, -0.15) is 0 Å². The Morgan fingerprint density at radius 1 is 1.59 bits per heavy atom. The zero-order valence-electron chi connectivity index (χ0n) is 10.2. The average Bonchev–Trinajstić information content (AvgIpc) is 2.85. The van der Waals surface area contributed by atoms with Crippen LogP contribution in [-0.4, -0.2) is 25.3 Å². The molecule has 0 bridgehead atoms. The van der Waals surface area contributed by atoms with Gasteiger partial charge in [0, 0.05) is 12.1 Å². The lowest BCUT2D eigenvalue weighted by Crippen LogP contribution is -2.08.